The maximum Gasteiger partial charge on any atom is 0.312 e. The van der Waals surface area contributed by atoms with Gasteiger partial charge in [-0.15, -0.1) is 0 Å². The lowest BCUT2D eigenvalue weighted by molar-refractivity contribution is -0.137. The molecule has 7 nitrogen and oxygen atoms in total. The van der Waals surface area contributed by atoms with Gasteiger partial charge in [0.15, 0.2) is 0 Å². The van der Waals surface area contributed by atoms with Crippen molar-refractivity contribution in [3.63, 3.8) is 0 Å². The van der Waals surface area contributed by atoms with Crippen LogP contribution in [0.25, 0.3) is 0 Å². The Labute approximate surface area is 112 Å². The molecule has 3 unspecified atom stereocenters. The van der Waals surface area contributed by atoms with E-state index in [1.807, 2.05) is 13.8 Å². The van der Waals surface area contributed by atoms with Crippen LogP contribution in [-0.4, -0.2) is 35.1 Å². The van der Waals surface area contributed by atoms with E-state index in [0.29, 0.717) is 12.8 Å². The average Bonchev–Trinajstić information content (AvgIpc) is 2.32. The smallest absolute Gasteiger partial charge is 0.312 e. The van der Waals surface area contributed by atoms with E-state index in [-0.39, 0.29) is 24.3 Å². The van der Waals surface area contributed by atoms with Gasteiger partial charge in [0.25, 0.3) is 0 Å². The van der Waals surface area contributed by atoms with E-state index in [0.717, 1.165) is 0 Å². The molecular formula is C12H23N3O4. The zero-order valence-corrected chi connectivity index (χ0v) is 11.6. The van der Waals surface area contributed by atoms with E-state index in [1.54, 1.807) is 6.92 Å². The van der Waals surface area contributed by atoms with E-state index in [1.165, 1.54) is 0 Å². The highest BCUT2D eigenvalue weighted by Crippen LogP contribution is 2.08. The van der Waals surface area contributed by atoms with Crippen molar-refractivity contribution in [2.75, 3.05) is 0 Å². The number of rotatable bonds is 8. The number of amides is 3. The van der Waals surface area contributed by atoms with Crippen molar-refractivity contribution in [3.8, 4) is 0 Å². The fraction of sp³-hybridized carbons (Fsp3) is 0.750. The van der Waals surface area contributed by atoms with E-state index < -0.39 is 18.0 Å². The van der Waals surface area contributed by atoms with Gasteiger partial charge in [-0.1, -0.05) is 20.3 Å². The van der Waals surface area contributed by atoms with E-state index in [9.17, 15) is 14.4 Å². The zero-order chi connectivity index (χ0) is 15.0. The van der Waals surface area contributed by atoms with Crippen molar-refractivity contribution in [2.45, 2.75) is 52.1 Å². The van der Waals surface area contributed by atoms with Crippen LogP contribution in [0.4, 0.5) is 4.79 Å². The SMILES string of the molecule is CCC(C)C(NC(N)=O)C(=O)NC(C)CCC(=O)O. The van der Waals surface area contributed by atoms with E-state index >= 15 is 0 Å². The molecule has 7 heteroatoms. The van der Waals surface area contributed by atoms with Gasteiger partial charge in [0.1, 0.15) is 6.04 Å². The van der Waals surface area contributed by atoms with Crippen LogP contribution >= 0.6 is 0 Å². The van der Waals surface area contributed by atoms with Gasteiger partial charge in [0.2, 0.25) is 5.91 Å². The maximum absolute atomic E-state index is 12.0. The van der Waals surface area contributed by atoms with Gasteiger partial charge in [0.05, 0.1) is 0 Å². The Morgan fingerprint density at radius 1 is 1.21 bits per heavy atom. The van der Waals surface area contributed by atoms with Gasteiger partial charge < -0.3 is 21.5 Å². The Morgan fingerprint density at radius 2 is 1.79 bits per heavy atom. The second-order valence-corrected chi connectivity index (χ2v) is 4.71. The fourth-order valence-corrected chi connectivity index (χ4v) is 1.60. The number of urea groups is 1. The lowest BCUT2D eigenvalue weighted by atomic mass is 9.98. The minimum atomic E-state index is -0.908. The highest BCUT2D eigenvalue weighted by atomic mass is 16.4. The minimum absolute atomic E-state index is 0.0152. The number of nitrogens with one attached hydrogen (secondary N) is 2. The van der Waals surface area contributed by atoms with Crippen LogP contribution in [0.1, 0.15) is 40.0 Å². The fourth-order valence-electron chi connectivity index (χ4n) is 1.60. The second kappa shape index (κ2) is 8.34. The number of carboxylic acid groups (broad SMARTS) is 1. The van der Waals surface area contributed by atoms with Gasteiger partial charge in [-0.25, -0.2) is 4.79 Å². The number of hydrogen-bond acceptors (Lipinski definition) is 3. The molecule has 3 amide bonds. The van der Waals surface area contributed by atoms with Crippen molar-refractivity contribution in [1.29, 1.82) is 0 Å². The van der Waals surface area contributed by atoms with Crippen molar-refractivity contribution in [3.05, 3.63) is 0 Å². The highest BCUT2D eigenvalue weighted by Gasteiger charge is 2.26. The summed E-state index contributed by atoms with van der Waals surface area (Å²) in [7, 11) is 0. The first-order valence-corrected chi connectivity index (χ1v) is 6.36. The van der Waals surface area contributed by atoms with Crippen LogP contribution < -0.4 is 16.4 Å². The topological polar surface area (TPSA) is 122 Å². The number of aliphatic carboxylic acids is 1. The Morgan fingerprint density at radius 3 is 2.21 bits per heavy atom. The summed E-state index contributed by atoms with van der Waals surface area (Å²) < 4.78 is 0. The maximum atomic E-state index is 12.0. The molecule has 0 aliphatic carbocycles. The Kier molecular flexibility index (Phi) is 7.55. The largest absolute Gasteiger partial charge is 0.481 e. The molecule has 0 fully saturated rings. The van der Waals surface area contributed by atoms with Crippen molar-refractivity contribution < 1.29 is 19.5 Å². The number of nitrogens with two attached hydrogens (primary N) is 1. The number of carbonyl (C=O) groups is 3. The Balaban J connectivity index is 4.46. The lowest BCUT2D eigenvalue weighted by Gasteiger charge is -2.24. The Bertz CT molecular complexity index is 333. The molecule has 0 aromatic rings. The molecule has 110 valence electrons. The first-order valence-electron chi connectivity index (χ1n) is 6.36. The third-order valence-corrected chi connectivity index (χ3v) is 2.97. The van der Waals surface area contributed by atoms with Crippen LogP contribution in [0, 0.1) is 5.92 Å². The van der Waals surface area contributed by atoms with Crippen molar-refractivity contribution in [2.24, 2.45) is 11.7 Å². The summed E-state index contributed by atoms with van der Waals surface area (Å²) in [6, 6.07) is -1.72. The number of primary amides is 1. The van der Waals surface area contributed by atoms with E-state index in [4.69, 9.17) is 10.8 Å². The van der Waals surface area contributed by atoms with Gasteiger partial charge in [-0.2, -0.15) is 0 Å². The minimum Gasteiger partial charge on any atom is -0.481 e. The van der Waals surface area contributed by atoms with E-state index in [2.05, 4.69) is 10.6 Å². The molecule has 19 heavy (non-hydrogen) atoms. The zero-order valence-electron chi connectivity index (χ0n) is 11.6. The van der Waals surface area contributed by atoms with Crippen LogP contribution in [0.15, 0.2) is 0 Å². The first-order chi connectivity index (χ1) is 8.77. The van der Waals surface area contributed by atoms with Gasteiger partial charge in [-0.05, 0) is 19.3 Å². The van der Waals surface area contributed by atoms with Crippen LogP contribution in [-0.2, 0) is 9.59 Å². The monoisotopic (exact) mass is 273 g/mol. The summed E-state index contributed by atoms with van der Waals surface area (Å²) in [5.74, 6) is -1.31. The quantitative estimate of drug-likeness (QED) is 0.512. The summed E-state index contributed by atoms with van der Waals surface area (Å²) in [6.45, 7) is 5.46. The molecule has 0 aromatic heterocycles. The molecule has 3 atom stereocenters. The summed E-state index contributed by atoms with van der Waals surface area (Å²) in [4.78, 5) is 33.3. The van der Waals surface area contributed by atoms with Gasteiger partial charge in [-0.3, -0.25) is 9.59 Å². The highest BCUT2D eigenvalue weighted by molar-refractivity contribution is 5.87. The summed E-state index contributed by atoms with van der Waals surface area (Å²) >= 11 is 0. The van der Waals surface area contributed by atoms with Gasteiger partial charge >= 0.3 is 12.0 Å². The molecule has 0 spiro atoms. The molecule has 0 aliphatic rings. The third kappa shape index (κ3) is 7.28. The molecule has 0 saturated carbocycles. The number of hydrogen-bond donors (Lipinski definition) is 4. The molecule has 0 rings (SSSR count). The summed E-state index contributed by atoms with van der Waals surface area (Å²) in [5.41, 5.74) is 5.05. The predicted molar refractivity (Wildman–Crippen MR) is 70.4 cm³/mol. The average molecular weight is 273 g/mol. The second-order valence-electron chi connectivity index (χ2n) is 4.71. The molecule has 0 bridgehead atoms. The standard InChI is InChI=1S/C12H23N3O4/c1-4-7(2)10(15-12(13)19)11(18)14-8(3)5-6-9(16)17/h7-8,10H,4-6H2,1-3H3,(H,14,18)(H,16,17)(H3,13,15,19). The molecule has 0 saturated heterocycles. The molecular weight excluding hydrogens is 250 g/mol. The van der Waals surface area contributed by atoms with Crippen LogP contribution in [0.5, 0.6) is 0 Å². The molecule has 0 aliphatic heterocycles. The predicted octanol–water partition coefficient (Wildman–Crippen LogP) is 0.439. The molecule has 0 heterocycles. The van der Waals surface area contributed by atoms with Crippen LogP contribution in [0.3, 0.4) is 0 Å². The lowest BCUT2D eigenvalue weighted by Crippen LogP contribution is -2.53. The normalized spacial score (nSPS) is 15.1. The van der Waals surface area contributed by atoms with Crippen molar-refractivity contribution in [1.82, 2.24) is 10.6 Å². The van der Waals surface area contributed by atoms with Gasteiger partial charge in [0, 0.05) is 12.5 Å². The first kappa shape index (κ1) is 17.2. The molecule has 0 radical (unpaired) electrons. The van der Waals surface area contributed by atoms with Crippen LogP contribution in [0.2, 0.25) is 0 Å². The number of carbonyl (C=O) groups excluding carboxylic acids is 2. The Hall–Kier alpha value is -1.79. The van der Waals surface area contributed by atoms with Crippen molar-refractivity contribution >= 4 is 17.9 Å². The summed E-state index contributed by atoms with van der Waals surface area (Å²) in [5, 5.41) is 13.7. The molecule has 5 N–H and O–H groups in total. The molecule has 0 aromatic carbocycles. The number of carboxylic acids is 1. The summed E-state index contributed by atoms with van der Waals surface area (Å²) in [6.07, 6.45) is 1.03. The third-order valence-electron chi connectivity index (χ3n) is 2.97.